The highest BCUT2D eigenvalue weighted by Crippen LogP contribution is 2.53. The smallest absolute Gasteiger partial charge is 0.180 e. The van der Waals surface area contributed by atoms with Crippen LogP contribution in [0.2, 0.25) is 0 Å². The first-order chi connectivity index (χ1) is 24.8. The maximum atomic E-state index is 6.31. The summed E-state index contributed by atoms with van der Waals surface area (Å²) in [5, 5.41) is 8.25. The Hall–Kier alpha value is -6.85. The van der Waals surface area contributed by atoms with Crippen molar-refractivity contribution >= 4 is 71.4 Å². The molecule has 7 aromatic carbocycles. The molecule has 0 unspecified atom stereocenters. The Morgan fingerprint density at radius 2 is 1.28 bits per heavy atom. The molecule has 0 N–H and O–H groups in total. The number of para-hydroxylation sites is 1. The van der Waals surface area contributed by atoms with Gasteiger partial charge in [-0.3, -0.25) is 4.98 Å². The maximum Gasteiger partial charge on any atom is 0.180 e. The van der Waals surface area contributed by atoms with E-state index < -0.39 is 0 Å². The van der Waals surface area contributed by atoms with E-state index in [1.165, 1.54) is 44.0 Å². The van der Waals surface area contributed by atoms with Crippen molar-refractivity contribution in [3.63, 3.8) is 0 Å². The van der Waals surface area contributed by atoms with Crippen LogP contribution in [-0.4, -0.2) is 15.0 Å². The number of nitrogens with zero attached hydrogens (tertiary/aromatic N) is 4. The van der Waals surface area contributed by atoms with E-state index in [1.54, 1.807) is 12.4 Å². The minimum absolute atomic E-state index is 0.655. The molecule has 0 fully saturated rings. The van der Waals surface area contributed by atoms with Crippen molar-refractivity contribution in [2.24, 2.45) is 0 Å². The molecule has 4 heterocycles. The first-order valence-corrected chi connectivity index (χ1v) is 16.8. The van der Waals surface area contributed by atoms with E-state index in [2.05, 4.69) is 125 Å². The second kappa shape index (κ2) is 10.3. The molecular weight excluding hydrogens is 613 g/mol. The van der Waals surface area contributed by atoms with E-state index in [1.807, 2.05) is 30.3 Å². The van der Waals surface area contributed by atoms with E-state index >= 15 is 0 Å². The van der Waals surface area contributed by atoms with Crippen LogP contribution in [0.25, 0.3) is 88.2 Å². The molecule has 1 aliphatic heterocycles. The summed E-state index contributed by atoms with van der Waals surface area (Å²) in [6.07, 6.45) is 3.56. The predicted octanol–water partition coefficient (Wildman–Crippen LogP) is 12.0. The van der Waals surface area contributed by atoms with Gasteiger partial charge in [-0.15, -0.1) is 0 Å². The topological polar surface area (TPSA) is 55.1 Å². The number of hydrogen-bond donors (Lipinski definition) is 0. The Balaban J connectivity index is 1.09. The van der Waals surface area contributed by atoms with Gasteiger partial charge >= 0.3 is 0 Å². The summed E-state index contributed by atoms with van der Waals surface area (Å²) < 4.78 is 6.31. The minimum atomic E-state index is 0.655. The van der Waals surface area contributed by atoms with Crippen LogP contribution in [0.4, 0.5) is 17.1 Å². The molecule has 0 saturated carbocycles. The van der Waals surface area contributed by atoms with Gasteiger partial charge in [0.05, 0.1) is 11.4 Å². The van der Waals surface area contributed by atoms with Crippen LogP contribution in [0.3, 0.4) is 0 Å². The molecule has 5 heteroatoms. The highest BCUT2D eigenvalue weighted by Gasteiger charge is 2.27. The van der Waals surface area contributed by atoms with Gasteiger partial charge in [0.15, 0.2) is 11.4 Å². The number of anilines is 3. The summed E-state index contributed by atoms with van der Waals surface area (Å²) in [7, 11) is 0. The Bertz CT molecular complexity index is 3000. The first-order valence-electron chi connectivity index (χ1n) is 16.8. The van der Waals surface area contributed by atoms with Crippen LogP contribution >= 0.6 is 0 Å². The highest BCUT2D eigenvalue weighted by molar-refractivity contribution is 6.19. The zero-order valence-electron chi connectivity index (χ0n) is 26.7. The van der Waals surface area contributed by atoms with Gasteiger partial charge in [-0.1, -0.05) is 91.0 Å². The molecule has 50 heavy (non-hydrogen) atoms. The zero-order valence-corrected chi connectivity index (χ0v) is 26.7. The summed E-state index contributed by atoms with van der Waals surface area (Å²) >= 11 is 0. The monoisotopic (exact) mass is 638 g/mol. The third-order valence-electron chi connectivity index (χ3n) is 10.1. The third-order valence-corrected chi connectivity index (χ3v) is 10.1. The van der Waals surface area contributed by atoms with Gasteiger partial charge in [0.1, 0.15) is 16.8 Å². The lowest BCUT2D eigenvalue weighted by molar-refractivity contribution is 0.667. The van der Waals surface area contributed by atoms with Crippen molar-refractivity contribution in [2.45, 2.75) is 0 Å². The fraction of sp³-hybridized carbons (Fsp3) is 0. The van der Waals surface area contributed by atoms with Gasteiger partial charge in [0.25, 0.3) is 0 Å². The third kappa shape index (κ3) is 3.92. The van der Waals surface area contributed by atoms with E-state index in [-0.39, 0.29) is 0 Å². The lowest BCUT2D eigenvalue weighted by Gasteiger charge is -2.34. The van der Waals surface area contributed by atoms with Gasteiger partial charge in [-0.25, -0.2) is 9.97 Å². The Labute approximate surface area is 286 Å². The predicted molar refractivity (Wildman–Crippen MR) is 204 cm³/mol. The number of pyridine rings is 1. The number of fused-ring (bicyclic) bond motifs is 8. The first kappa shape index (κ1) is 27.1. The summed E-state index contributed by atoms with van der Waals surface area (Å²) in [6.45, 7) is 0. The summed E-state index contributed by atoms with van der Waals surface area (Å²) in [4.78, 5) is 16.8. The van der Waals surface area contributed by atoms with Gasteiger partial charge in [-0.2, -0.15) is 0 Å². The van der Waals surface area contributed by atoms with Crippen LogP contribution in [0.5, 0.6) is 0 Å². The van der Waals surface area contributed by atoms with Crippen molar-refractivity contribution < 1.29 is 4.42 Å². The molecule has 0 amide bonds. The van der Waals surface area contributed by atoms with Crippen molar-refractivity contribution in [1.82, 2.24) is 15.0 Å². The Morgan fingerprint density at radius 1 is 0.520 bits per heavy atom. The average Bonchev–Trinajstić information content (AvgIpc) is 3.56. The second-order valence-corrected chi connectivity index (χ2v) is 12.9. The summed E-state index contributed by atoms with van der Waals surface area (Å²) in [5.41, 5.74) is 10.9. The molecule has 0 atom stereocenters. The highest BCUT2D eigenvalue weighted by atomic mass is 16.3. The summed E-state index contributed by atoms with van der Waals surface area (Å²) in [6, 6.07) is 51.6. The summed E-state index contributed by atoms with van der Waals surface area (Å²) in [5.74, 6) is 0.655. The van der Waals surface area contributed by atoms with Crippen LogP contribution in [0, 0.1) is 0 Å². The molecule has 0 aliphatic carbocycles. The van der Waals surface area contributed by atoms with Gasteiger partial charge in [0, 0.05) is 45.5 Å². The fourth-order valence-corrected chi connectivity index (χ4v) is 7.79. The SMILES string of the molecule is c1ccc2c3c(ccc2c1)N(c1ccc2cc(-c4nc(-c5ccncc5)c5oc6ccccc6c5n4)ccc2c1)c1cccc2cccc-3c12. The van der Waals surface area contributed by atoms with E-state index in [9.17, 15) is 0 Å². The van der Waals surface area contributed by atoms with Gasteiger partial charge in [-0.05, 0) is 87.1 Å². The number of benzene rings is 7. The van der Waals surface area contributed by atoms with E-state index in [0.717, 1.165) is 49.8 Å². The fourth-order valence-electron chi connectivity index (χ4n) is 7.79. The standard InChI is InChI=1S/C45H26N4O/c1-2-10-34-27(7-1)18-20-38-41(34)36-12-5-8-28-9-6-13-37(40(28)36)49(38)33-19-17-30-25-32(16-15-31(30)26-33)45-47-42(29-21-23-46-24-22-29)44-43(48-45)35-11-3-4-14-39(35)50-44/h1-26H. The van der Waals surface area contributed by atoms with Gasteiger partial charge in [0.2, 0.25) is 0 Å². The minimum Gasteiger partial charge on any atom is -0.452 e. The molecule has 232 valence electrons. The van der Waals surface area contributed by atoms with Gasteiger partial charge < -0.3 is 9.32 Å². The van der Waals surface area contributed by atoms with Crippen molar-refractivity contribution in [2.75, 3.05) is 4.90 Å². The molecule has 0 bridgehead atoms. The maximum absolute atomic E-state index is 6.31. The molecule has 0 saturated heterocycles. The van der Waals surface area contributed by atoms with Crippen LogP contribution in [0.1, 0.15) is 0 Å². The largest absolute Gasteiger partial charge is 0.452 e. The number of furan rings is 1. The molecule has 0 radical (unpaired) electrons. The lowest BCUT2D eigenvalue weighted by atomic mass is 9.87. The number of aromatic nitrogens is 3. The van der Waals surface area contributed by atoms with E-state index in [4.69, 9.17) is 14.4 Å². The lowest BCUT2D eigenvalue weighted by Crippen LogP contribution is -2.15. The van der Waals surface area contributed by atoms with Crippen molar-refractivity contribution in [3.8, 4) is 33.8 Å². The molecule has 10 aromatic rings. The van der Waals surface area contributed by atoms with Crippen LogP contribution < -0.4 is 4.90 Å². The Morgan fingerprint density at radius 3 is 2.20 bits per heavy atom. The number of hydrogen-bond acceptors (Lipinski definition) is 5. The van der Waals surface area contributed by atoms with Crippen molar-refractivity contribution in [3.05, 3.63) is 158 Å². The number of rotatable bonds is 3. The quantitative estimate of drug-likeness (QED) is 0.193. The van der Waals surface area contributed by atoms with Crippen LogP contribution in [-0.2, 0) is 0 Å². The molecular formula is C45H26N4O. The molecule has 5 nitrogen and oxygen atoms in total. The molecule has 1 aliphatic rings. The molecule has 0 spiro atoms. The van der Waals surface area contributed by atoms with Crippen LogP contribution in [0.15, 0.2) is 162 Å². The van der Waals surface area contributed by atoms with Crippen molar-refractivity contribution in [1.29, 1.82) is 0 Å². The van der Waals surface area contributed by atoms with E-state index in [0.29, 0.717) is 11.4 Å². The average molecular weight is 639 g/mol. The molecule has 3 aromatic heterocycles. The Kier molecular flexibility index (Phi) is 5.60. The molecule has 11 rings (SSSR count). The second-order valence-electron chi connectivity index (χ2n) is 12.9. The zero-order chi connectivity index (χ0) is 32.8. The normalized spacial score (nSPS) is 12.4.